The zero-order chi connectivity index (χ0) is 13.1. The number of rotatable bonds is 5. The molecule has 0 fully saturated rings. The summed E-state index contributed by atoms with van der Waals surface area (Å²) >= 11 is 1.69. The van der Waals surface area contributed by atoms with Crippen molar-refractivity contribution < 1.29 is 4.74 Å². The molecule has 1 atom stereocenters. The Labute approximate surface area is 111 Å². The van der Waals surface area contributed by atoms with E-state index in [2.05, 4.69) is 35.8 Å². The molecular formula is C13H19N3OS. The molecule has 0 saturated heterocycles. The molecule has 0 spiro atoms. The molecule has 2 aromatic heterocycles. The van der Waals surface area contributed by atoms with Gasteiger partial charge in [-0.1, -0.05) is 0 Å². The van der Waals surface area contributed by atoms with Gasteiger partial charge in [-0.05, 0) is 42.7 Å². The molecule has 1 unspecified atom stereocenters. The van der Waals surface area contributed by atoms with Crippen molar-refractivity contribution in [3.63, 3.8) is 0 Å². The maximum atomic E-state index is 6.31. The van der Waals surface area contributed by atoms with Crippen LogP contribution in [0.1, 0.15) is 37.2 Å². The largest absolute Gasteiger partial charge is 0.493 e. The molecule has 2 N–H and O–H groups in total. The van der Waals surface area contributed by atoms with E-state index in [4.69, 9.17) is 10.5 Å². The van der Waals surface area contributed by atoms with Gasteiger partial charge in [0.2, 0.25) is 0 Å². The summed E-state index contributed by atoms with van der Waals surface area (Å²) in [6, 6.07) is 2.28. The maximum absolute atomic E-state index is 6.31. The van der Waals surface area contributed by atoms with E-state index in [1.165, 1.54) is 5.56 Å². The van der Waals surface area contributed by atoms with Gasteiger partial charge >= 0.3 is 0 Å². The average molecular weight is 265 g/mol. The van der Waals surface area contributed by atoms with Crippen LogP contribution in [0.25, 0.3) is 0 Å². The maximum Gasteiger partial charge on any atom is 0.161 e. The molecule has 2 aromatic rings. The molecule has 0 aromatic carbocycles. The molecule has 0 aliphatic carbocycles. The van der Waals surface area contributed by atoms with Crippen molar-refractivity contribution in [2.24, 2.45) is 5.73 Å². The van der Waals surface area contributed by atoms with E-state index in [0.717, 1.165) is 17.9 Å². The van der Waals surface area contributed by atoms with Gasteiger partial charge in [-0.15, -0.1) is 0 Å². The van der Waals surface area contributed by atoms with Crippen molar-refractivity contribution in [1.29, 1.82) is 0 Å². The topological polar surface area (TPSA) is 53.1 Å². The predicted octanol–water partition coefficient (Wildman–Crippen LogP) is 2.78. The minimum atomic E-state index is -0.0977. The Bertz CT molecular complexity index is 490. The normalized spacial score (nSPS) is 12.9. The number of thiophene rings is 1. The number of methoxy groups -OCH3 is 1. The first kappa shape index (κ1) is 13.1. The van der Waals surface area contributed by atoms with Crippen LogP contribution in [0.3, 0.4) is 0 Å². The summed E-state index contributed by atoms with van der Waals surface area (Å²) < 4.78 is 7.30. The van der Waals surface area contributed by atoms with Crippen LogP contribution in [0, 0.1) is 0 Å². The summed E-state index contributed by atoms with van der Waals surface area (Å²) in [5.41, 5.74) is 8.54. The Morgan fingerprint density at radius 3 is 2.83 bits per heavy atom. The van der Waals surface area contributed by atoms with Gasteiger partial charge in [0.25, 0.3) is 0 Å². The fraction of sp³-hybridized carbons (Fsp3) is 0.462. The highest BCUT2D eigenvalue weighted by Gasteiger charge is 2.20. The average Bonchev–Trinajstić information content (AvgIpc) is 2.95. The predicted molar refractivity (Wildman–Crippen MR) is 74.1 cm³/mol. The van der Waals surface area contributed by atoms with Gasteiger partial charge in [-0.25, -0.2) is 0 Å². The molecule has 2 heterocycles. The summed E-state index contributed by atoms with van der Waals surface area (Å²) in [7, 11) is 1.66. The molecule has 0 bridgehead atoms. The Morgan fingerprint density at radius 2 is 2.28 bits per heavy atom. The zero-order valence-corrected chi connectivity index (χ0v) is 11.8. The Balaban J connectivity index is 2.27. The third kappa shape index (κ3) is 2.57. The molecular weight excluding hydrogens is 246 g/mol. The van der Waals surface area contributed by atoms with Gasteiger partial charge in [0.15, 0.2) is 5.75 Å². The van der Waals surface area contributed by atoms with Crippen molar-refractivity contribution in [3.05, 3.63) is 34.3 Å². The van der Waals surface area contributed by atoms with Gasteiger partial charge in [-0.2, -0.15) is 16.4 Å². The molecule has 0 aliphatic heterocycles. The standard InChI is InChI=1S/C13H19N3OS/c1-9(2)16-13(12(17-3)7-15-16)11(14)6-10-4-5-18-8-10/h4-5,7-9,11H,6,14H2,1-3H3. The number of aromatic nitrogens is 2. The first-order valence-electron chi connectivity index (χ1n) is 6.01. The Morgan fingerprint density at radius 1 is 1.50 bits per heavy atom. The second-order valence-electron chi connectivity index (χ2n) is 4.58. The summed E-state index contributed by atoms with van der Waals surface area (Å²) in [5.74, 6) is 0.770. The smallest absolute Gasteiger partial charge is 0.161 e. The van der Waals surface area contributed by atoms with Crippen molar-refractivity contribution in [3.8, 4) is 5.75 Å². The lowest BCUT2D eigenvalue weighted by Gasteiger charge is -2.17. The lowest BCUT2D eigenvalue weighted by atomic mass is 10.1. The van der Waals surface area contributed by atoms with Crippen LogP contribution in [0.2, 0.25) is 0 Å². The third-order valence-corrected chi connectivity index (χ3v) is 3.63. The number of nitrogens with zero attached hydrogens (tertiary/aromatic N) is 2. The fourth-order valence-electron chi connectivity index (χ4n) is 2.04. The molecule has 0 radical (unpaired) electrons. The second kappa shape index (κ2) is 5.54. The van der Waals surface area contributed by atoms with Gasteiger partial charge in [-0.3, -0.25) is 4.68 Å². The van der Waals surface area contributed by atoms with E-state index < -0.39 is 0 Å². The van der Waals surface area contributed by atoms with Crippen molar-refractivity contribution in [1.82, 2.24) is 9.78 Å². The zero-order valence-electron chi connectivity index (χ0n) is 11.0. The van der Waals surface area contributed by atoms with Gasteiger partial charge in [0.05, 0.1) is 25.0 Å². The van der Waals surface area contributed by atoms with Gasteiger partial charge < -0.3 is 10.5 Å². The molecule has 0 saturated carbocycles. The van der Waals surface area contributed by atoms with Gasteiger partial charge in [0, 0.05) is 6.04 Å². The van der Waals surface area contributed by atoms with E-state index in [0.29, 0.717) is 0 Å². The monoisotopic (exact) mass is 265 g/mol. The van der Waals surface area contributed by atoms with Crippen molar-refractivity contribution in [2.45, 2.75) is 32.4 Å². The third-order valence-electron chi connectivity index (χ3n) is 2.89. The van der Waals surface area contributed by atoms with E-state index in [9.17, 15) is 0 Å². The van der Waals surface area contributed by atoms with Crippen LogP contribution >= 0.6 is 11.3 Å². The Hall–Kier alpha value is -1.33. The van der Waals surface area contributed by atoms with E-state index >= 15 is 0 Å². The van der Waals surface area contributed by atoms with Crippen LogP contribution in [0.15, 0.2) is 23.0 Å². The SMILES string of the molecule is COc1cnn(C(C)C)c1C(N)Cc1ccsc1. The van der Waals surface area contributed by atoms with Gasteiger partial charge in [0.1, 0.15) is 0 Å². The molecule has 0 aliphatic rings. The summed E-state index contributed by atoms with van der Waals surface area (Å²) in [6.45, 7) is 4.18. The van der Waals surface area contributed by atoms with E-state index in [1.807, 2.05) is 4.68 Å². The van der Waals surface area contributed by atoms with E-state index in [-0.39, 0.29) is 12.1 Å². The molecule has 4 nitrogen and oxygen atoms in total. The molecule has 5 heteroatoms. The number of nitrogens with two attached hydrogens (primary N) is 1. The lowest BCUT2D eigenvalue weighted by Crippen LogP contribution is -2.20. The minimum absolute atomic E-state index is 0.0977. The van der Waals surface area contributed by atoms with Crippen LogP contribution in [0.4, 0.5) is 0 Å². The number of hydrogen-bond acceptors (Lipinski definition) is 4. The molecule has 98 valence electrons. The fourth-order valence-corrected chi connectivity index (χ4v) is 2.72. The minimum Gasteiger partial charge on any atom is -0.493 e. The van der Waals surface area contributed by atoms with Crippen molar-refractivity contribution >= 4 is 11.3 Å². The Kier molecular flexibility index (Phi) is 4.04. The van der Waals surface area contributed by atoms with E-state index in [1.54, 1.807) is 24.6 Å². The number of ether oxygens (including phenoxy) is 1. The molecule has 0 amide bonds. The summed E-state index contributed by atoms with van der Waals surface area (Å²) in [5, 5.41) is 8.55. The highest BCUT2D eigenvalue weighted by atomic mass is 32.1. The highest BCUT2D eigenvalue weighted by molar-refractivity contribution is 7.07. The van der Waals surface area contributed by atoms with Crippen LogP contribution in [-0.4, -0.2) is 16.9 Å². The van der Waals surface area contributed by atoms with Crippen LogP contribution in [-0.2, 0) is 6.42 Å². The highest BCUT2D eigenvalue weighted by Crippen LogP contribution is 2.28. The first-order chi connectivity index (χ1) is 8.63. The first-order valence-corrected chi connectivity index (χ1v) is 6.95. The second-order valence-corrected chi connectivity index (χ2v) is 5.36. The summed E-state index contributed by atoms with van der Waals surface area (Å²) in [4.78, 5) is 0. The van der Waals surface area contributed by atoms with Crippen molar-refractivity contribution in [2.75, 3.05) is 7.11 Å². The number of hydrogen-bond donors (Lipinski definition) is 1. The summed E-state index contributed by atoms with van der Waals surface area (Å²) in [6.07, 6.45) is 2.54. The molecule has 18 heavy (non-hydrogen) atoms. The lowest BCUT2D eigenvalue weighted by molar-refractivity contribution is 0.396. The van der Waals surface area contributed by atoms with Crippen LogP contribution in [0.5, 0.6) is 5.75 Å². The van der Waals surface area contributed by atoms with Crippen LogP contribution < -0.4 is 10.5 Å². The molecule has 2 rings (SSSR count). The quantitative estimate of drug-likeness (QED) is 0.904.